The molecule has 8 nitrogen and oxygen atoms in total. The van der Waals surface area contributed by atoms with Crippen LogP contribution in [0.5, 0.6) is 5.88 Å². The topological polar surface area (TPSA) is 89.0 Å². The third-order valence-corrected chi connectivity index (χ3v) is 6.54. The van der Waals surface area contributed by atoms with E-state index in [0.717, 1.165) is 56.8 Å². The number of nitrogens with one attached hydrogen (secondary N) is 1. The Morgan fingerprint density at radius 3 is 2.74 bits per heavy atom. The van der Waals surface area contributed by atoms with E-state index in [4.69, 9.17) is 24.4 Å². The SMILES string of the molecule is COc1ccc(-c2ccc3nc(-c4cccc5[nH]ccc45)nc(N4CCOC[C@H]4C)c3n2)c(C)n1. The average molecular weight is 467 g/mol. The summed E-state index contributed by atoms with van der Waals surface area (Å²) in [6.45, 7) is 6.16. The highest BCUT2D eigenvalue weighted by Crippen LogP contribution is 2.33. The molecule has 1 atom stereocenters. The van der Waals surface area contributed by atoms with E-state index in [-0.39, 0.29) is 6.04 Å². The Morgan fingerprint density at radius 1 is 1.00 bits per heavy atom. The van der Waals surface area contributed by atoms with Crippen LogP contribution < -0.4 is 9.64 Å². The number of benzene rings is 1. The summed E-state index contributed by atoms with van der Waals surface area (Å²) in [6.07, 6.45) is 1.94. The molecule has 1 fully saturated rings. The first-order valence-electron chi connectivity index (χ1n) is 11.7. The van der Waals surface area contributed by atoms with E-state index >= 15 is 0 Å². The van der Waals surface area contributed by atoms with Crippen LogP contribution in [-0.4, -0.2) is 57.8 Å². The van der Waals surface area contributed by atoms with Crippen molar-refractivity contribution in [3.8, 4) is 28.5 Å². The Balaban J connectivity index is 1.56. The molecule has 0 bridgehead atoms. The van der Waals surface area contributed by atoms with E-state index in [1.807, 2.05) is 43.5 Å². The molecule has 5 aromatic rings. The zero-order valence-corrected chi connectivity index (χ0v) is 19.9. The van der Waals surface area contributed by atoms with Crippen molar-refractivity contribution in [2.24, 2.45) is 0 Å². The van der Waals surface area contributed by atoms with Crippen LogP contribution in [0.15, 0.2) is 54.7 Å². The van der Waals surface area contributed by atoms with Crippen molar-refractivity contribution in [2.45, 2.75) is 19.9 Å². The molecule has 0 unspecified atom stereocenters. The zero-order chi connectivity index (χ0) is 23.9. The van der Waals surface area contributed by atoms with E-state index in [1.54, 1.807) is 7.11 Å². The second kappa shape index (κ2) is 8.63. The first kappa shape index (κ1) is 21.5. The minimum absolute atomic E-state index is 0.174. The lowest BCUT2D eigenvalue weighted by Crippen LogP contribution is -2.44. The molecule has 1 saturated heterocycles. The summed E-state index contributed by atoms with van der Waals surface area (Å²) in [6, 6.07) is 16.3. The molecule has 5 heterocycles. The smallest absolute Gasteiger partial charge is 0.213 e. The van der Waals surface area contributed by atoms with Gasteiger partial charge in [-0.1, -0.05) is 12.1 Å². The number of hydrogen-bond acceptors (Lipinski definition) is 7. The molecule has 35 heavy (non-hydrogen) atoms. The van der Waals surface area contributed by atoms with Crippen molar-refractivity contribution in [1.82, 2.24) is 24.9 Å². The summed E-state index contributed by atoms with van der Waals surface area (Å²) in [4.78, 5) is 25.2. The normalized spacial score (nSPS) is 16.2. The van der Waals surface area contributed by atoms with Crippen molar-refractivity contribution < 1.29 is 9.47 Å². The van der Waals surface area contributed by atoms with Crippen LogP contribution in [0.25, 0.3) is 44.6 Å². The molecule has 1 aliphatic heterocycles. The van der Waals surface area contributed by atoms with Crippen LogP contribution in [0, 0.1) is 6.92 Å². The molecule has 0 radical (unpaired) electrons. The number of anilines is 1. The molecule has 0 spiro atoms. The lowest BCUT2D eigenvalue weighted by molar-refractivity contribution is 0.0987. The van der Waals surface area contributed by atoms with E-state index in [9.17, 15) is 0 Å². The van der Waals surface area contributed by atoms with E-state index in [0.29, 0.717) is 24.9 Å². The highest BCUT2D eigenvalue weighted by atomic mass is 16.5. The molecule has 1 N–H and O–H groups in total. The van der Waals surface area contributed by atoms with Gasteiger partial charge in [0.1, 0.15) is 5.52 Å². The van der Waals surface area contributed by atoms with Gasteiger partial charge in [-0.3, -0.25) is 0 Å². The molecule has 0 saturated carbocycles. The summed E-state index contributed by atoms with van der Waals surface area (Å²) in [5, 5.41) is 1.09. The van der Waals surface area contributed by atoms with E-state index in [1.165, 1.54) is 0 Å². The molecule has 0 amide bonds. The Kier molecular flexibility index (Phi) is 5.30. The third-order valence-electron chi connectivity index (χ3n) is 6.54. The van der Waals surface area contributed by atoms with Crippen LogP contribution >= 0.6 is 0 Å². The van der Waals surface area contributed by atoms with Crippen molar-refractivity contribution >= 4 is 27.8 Å². The van der Waals surface area contributed by atoms with Gasteiger partial charge in [-0.05, 0) is 44.2 Å². The maximum absolute atomic E-state index is 5.71. The monoisotopic (exact) mass is 466 g/mol. The van der Waals surface area contributed by atoms with Crippen LogP contribution in [0.1, 0.15) is 12.6 Å². The number of morpholine rings is 1. The molecule has 0 aliphatic carbocycles. The first-order valence-corrected chi connectivity index (χ1v) is 11.7. The summed E-state index contributed by atoms with van der Waals surface area (Å²) in [7, 11) is 1.62. The standard InChI is InChI=1S/C27H26N6O2/c1-16-15-35-14-13-33(16)27-25-23(9-8-22(30-25)18-7-10-24(34-3)29-17(18)2)31-26(32-27)20-5-4-6-21-19(20)11-12-28-21/h4-12,16,28H,13-15H2,1-3H3/t16-/m1/s1. The first-order chi connectivity index (χ1) is 17.1. The molecule has 8 heteroatoms. The minimum atomic E-state index is 0.174. The summed E-state index contributed by atoms with van der Waals surface area (Å²) >= 11 is 0. The minimum Gasteiger partial charge on any atom is -0.481 e. The van der Waals surface area contributed by atoms with Gasteiger partial charge >= 0.3 is 0 Å². The third kappa shape index (κ3) is 3.76. The van der Waals surface area contributed by atoms with Gasteiger partial charge in [-0.15, -0.1) is 0 Å². The second-order valence-corrected chi connectivity index (χ2v) is 8.78. The molecule has 1 aliphatic rings. The van der Waals surface area contributed by atoms with Crippen molar-refractivity contribution in [2.75, 3.05) is 31.8 Å². The fourth-order valence-electron chi connectivity index (χ4n) is 4.71. The number of ether oxygens (including phenoxy) is 2. The highest BCUT2D eigenvalue weighted by Gasteiger charge is 2.25. The zero-order valence-electron chi connectivity index (χ0n) is 19.9. The van der Waals surface area contributed by atoms with Gasteiger partial charge < -0.3 is 19.4 Å². The molecule has 176 valence electrons. The van der Waals surface area contributed by atoms with Gasteiger partial charge in [0.05, 0.1) is 43.3 Å². The lowest BCUT2D eigenvalue weighted by atomic mass is 10.1. The van der Waals surface area contributed by atoms with Crippen molar-refractivity contribution in [1.29, 1.82) is 0 Å². The Morgan fingerprint density at radius 2 is 1.91 bits per heavy atom. The van der Waals surface area contributed by atoms with Gasteiger partial charge in [0.25, 0.3) is 0 Å². The van der Waals surface area contributed by atoms with Gasteiger partial charge in [0, 0.05) is 40.8 Å². The average Bonchev–Trinajstić information content (AvgIpc) is 3.37. The predicted molar refractivity (Wildman–Crippen MR) is 137 cm³/mol. The molecule has 1 aromatic carbocycles. The van der Waals surface area contributed by atoms with Crippen molar-refractivity contribution in [3.05, 3.63) is 60.4 Å². The number of fused-ring (bicyclic) bond motifs is 2. The van der Waals surface area contributed by atoms with E-state index in [2.05, 4.69) is 40.0 Å². The number of nitrogens with zero attached hydrogens (tertiary/aromatic N) is 5. The largest absolute Gasteiger partial charge is 0.481 e. The summed E-state index contributed by atoms with van der Waals surface area (Å²) in [5.41, 5.74) is 6.27. The predicted octanol–water partition coefficient (Wildman–Crippen LogP) is 4.78. The maximum Gasteiger partial charge on any atom is 0.213 e. The fraction of sp³-hybridized carbons (Fsp3) is 0.259. The van der Waals surface area contributed by atoms with Gasteiger partial charge in [-0.2, -0.15) is 0 Å². The number of aromatic amines is 1. The number of H-pyrrole nitrogens is 1. The van der Waals surface area contributed by atoms with Gasteiger partial charge in [-0.25, -0.2) is 19.9 Å². The number of rotatable bonds is 4. The van der Waals surface area contributed by atoms with Gasteiger partial charge in [0.2, 0.25) is 5.88 Å². The molecule has 4 aromatic heterocycles. The van der Waals surface area contributed by atoms with E-state index < -0.39 is 0 Å². The summed E-state index contributed by atoms with van der Waals surface area (Å²) in [5.74, 6) is 2.10. The maximum atomic E-state index is 5.71. The number of aromatic nitrogens is 5. The second-order valence-electron chi connectivity index (χ2n) is 8.78. The van der Waals surface area contributed by atoms with Crippen LogP contribution in [0.2, 0.25) is 0 Å². The van der Waals surface area contributed by atoms with Crippen LogP contribution in [-0.2, 0) is 4.74 Å². The summed E-state index contributed by atoms with van der Waals surface area (Å²) < 4.78 is 11.0. The van der Waals surface area contributed by atoms with Crippen LogP contribution in [0.4, 0.5) is 5.82 Å². The number of aryl methyl sites for hydroxylation is 1. The molecule has 6 rings (SSSR count). The number of hydrogen-bond donors (Lipinski definition) is 1. The molecular formula is C27H26N6O2. The Bertz CT molecular complexity index is 1550. The number of pyridine rings is 2. The Labute approximate surface area is 203 Å². The van der Waals surface area contributed by atoms with Gasteiger partial charge in [0.15, 0.2) is 11.6 Å². The van der Waals surface area contributed by atoms with Crippen LogP contribution in [0.3, 0.4) is 0 Å². The molecular weight excluding hydrogens is 440 g/mol. The highest BCUT2D eigenvalue weighted by molar-refractivity contribution is 5.96. The van der Waals surface area contributed by atoms with Crippen molar-refractivity contribution in [3.63, 3.8) is 0 Å². The Hall–Kier alpha value is -4.04. The number of methoxy groups -OCH3 is 1. The lowest BCUT2D eigenvalue weighted by Gasteiger charge is -2.34. The fourth-order valence-corrected chi connectivity index (χ4v) is 4.71. The quantitative estimate of drug-likeness (QED) is 0.408.